The van der Waals surface area contributed by atoms with E-state index in [9.17, 15) is 4.79 Å². The van der Waals surface area contributed by atoms with Gasteiger partial charge >= 0.3 is 5.97 Å². The van der Waals surface area contributed by atoms with Crippen LogP contribution in [0.4, 0.5) is 0 Å². The standard InChI is InChI=1S/C13H19NO4/c1-14(2)7-8-18-11-6-5-10(13(15)17-4)9-12(11)16-3/h5-6,9H,7-8H2,1-4H3. The number of ether oxygens (including phenoxy) is 3. The highest BCUT2D eigenvalue weighted by molar-refractivity contribution is 5.90. The highest BCUT2D eigenvalue weighted by Gasteiger charge is 2.11. The lowest BCUT2D eigenvalue weighted by molar-refractivity contribution is 0.0600. The maximum Gasteiger partial charge on any atom is 0.337 e. The van der Waals surface area contributed by atoms with Crippen LogP contribution in [-0.4, -0.2) is 52.3 Å². The summed E-state index contributed by atoms with van der Waals surface area (Å²) in [6, 6.07) is 4.97. The van der Waals surface area contributed by atoms with Crippen LogP contribution in [-0.2, 0) is 4.74 Å². The zero-order chi connectivity index (χ0) is 13.5. The van der Waals surface area contributed by atoms with Gasteiger partial charge in [-0.1, -0.05) is 0 Å². The Balaban J connectivity index is 2.77. The number of hydrogen-bond acceptors (Lipinski definition) is 5. The number of likely N-dealkylation sites (N-methyl/N-ethyl adjacent to an activating group) is 1. The molecule has 0 amide bonds. The predicted octanol–water partition coefficient (Wildman–Crippen LogP) is 1.42. The fourth-order valence-corrected chi connectivity index (χ4v) is 1.37. The van der Waals surface area contributed by atoms with Crippen molar-refractivity contribution in [3.8, 4) is 11.5 Å². The molecule has 0 saturated carbocycles. The molecule has 0 radical (unpaired) electrons. The first-order valence-corrected chi connectivity index (χ1v) is 5.62. The van der Waals surface area contributed by atoms with Crippen molar-refractivity contribution in [1.82, 2.24) is 4.90 Å². The molecule has 0 aromatic heterocycles. The van der Waals surface area contributed by atoms with Crippen LogP contribution < -0.4 is 9.47 Å². The third kappa shape index (κ3) is 3.92. The zero-order valence-electron chi connectivity index (χ0n) is 11.2. The molecular formula is C13H19NO4. The molecular weight excluding hydrogens is 234 g/mol. The summed E-state index contributed by atoms with van der Waals surface area (Å²) in [4.78, 5) is 13.4. The van der Waals surface area contributed by atoms with Gasteiger partial charge in [0.2, 0.25) is 0 Å². The van der Waals surface area contributed by atoms with E-state index in [1.807, 2.05) is 19.0 Å². The zero-order valence-corrected chi connectivity index (χ0v) is 11.2. The van der Waals surface area contributed by atoms with Gasteiger partial charge in [0.25, 0.3) is 0 Å². The fourth-order valence-electron chi connectivity index (χ4n) is 1.37. The molecule has 0 bridgehead atoms. The molecule has 0 aliphatic rings. The van der Waals surface area contributed by atoms with E-state index in [-0.39, 0.29) is 0 Å². The molecule has 1 aromatic rings. The monoisotopic (exact) mass is 253 g/mol. The van der Waals surface area contributed by atoms with Gasteiger partial charge in [-0.2, -0.15) is 0 Å². The van der Waals surface area contributed by atoms with Crippen molar-refractivity contribution < 1.29 is 19.0 Å². The number of hydrogen-bond donors (Lipinski definition) is 0. The van der Waals surface area contributed by atoms with Crippen LogP contribution in [0.2, 0.25) is 0 Å². The molecule has 1 aromatic carbocycles. The average Bonchev–Trinajstić information content (AvgIpc) is 2.37. The second kappa shape index (κ2) is 6.86. The van der Waals surface area contributed by atoms with Crippen molar-refractivity contribution >= 4 is 5.97 Å². The van der Waals surface area contributed by atoms with Crippen LogP contribution in [0.15, 0.2) is 18.2 Å². The van der Waals surface area contributed by atoms with Gasteiger partial charge in [0, 0.05) is 6.54 Å². The SMILES string of the molecule is COC(=O)c1ccc(OCCN(C)C)c(OC)c1. The van der Waals surface area contributed by atoms with Gasteiger partial charge in [-0.05, 0) is 32.3 Å². The lowest BCUT2D eigenvalue weighted by Gasteiger charge is -2.14. The van der Waals surface area contributed by atoms with Crippen molar-refractivity contribution in [2.75, 3.05) is 41.5 Å². The van der Waals surface area contributed by atoms with E-state index in [1.54, 1.807) is 18.2 Å². The predicted molar refractivity (Wildman–Crippen MR) is 68.4 cm³/mol. The number of esters is 1. The maximum absolute atomic E-state index is 11.4. The minimum Gasteiger partial charge on any atom is -0.493 e. The van der Waals surface area contributed by atoms with Crippen LogP contribution >= 0.6 is 0 Å². The van der Waals surface area contributed by atoms with Crippen LogP contribution in [0.1, 0.15) is 10.4 Å². The minimum absolute atomic E-state index is 0.395. The maximum atomic E-state index is 11.4. The summed E-state index contributed by atoms with van der Waals surface area (Å²) in [5, 5.41) is 0. The topological polar surface area (TPSA) is 48.0 Å². The number of carbonyl (C=O) groups is 1. The summed E-state index contributed by atoms with van der Waals surface area (Å²) in [6.45, 7) is 1.36. The third-order valence-corrected chi connectivity index (χ3v) is 2.38. The Kier molecular flexibility index (Phi) is 5.45. The van der Waals surface area contributed by atoms with Gasteiger partial charge in [0.1, 0.15) is 6.61 Å². The average molecular weight is 253 g/mol. The molecule has 18 heavy (non-hydrogen) atoms. The van der Waals surface area contributed by atoms with Gasteiger partial charge in [-0.25, -0.2) is 4.79 Å². The molecule has 0 heterocycles. The number of benzene rings is 1. The van der Waals surface area contributed by atoms with Gasteiger partial charge in [0.05, 0.1) is 19.8 Å². The number of carbonyl (C=O) groups excluding carboxylic acids is 1. The number of nitrogens with zero attached hydrogens (tertiary/aromatic N) is 1. The highest BCUT2D eigenvalue weighted by Crippen LogP contribution is 2.28. The Hall–Kier alpha value is -1.75. The summed E-state index contributed by atoms with van der Waals surface area (Å²) in [5.41, 5.74) is 0.439. The van der Waals surface area contributed by atoms with E-state index in [0.717, 1.165) is 6.54 Å². The Labute approximate surface area is 107 Å². The normalized spacial score (nSPS) is 10.3. The van der Waals surface area contributed by atoms with Gasteiger partial charge in [0.15, 0.2) is 11.5 Å². The lowest BCUT2D eigenvalue weighted by Crippen LogP contribution is -2.19. The van der Waals surface area contributed by atoms with Crippen LogP contribution in [0, 0.1) is 0 Å². The molecule has 0 atom stereocenters. The summed E-state index contributed by atoms with van der Waals surface area (Å²) in [5.74, 6) is 0.747. The minimum atomic E-state index is -0.395. The summed E-state index contributed by atoms with van der Waals surface area (Å²) < 4.78 is 15.4. The van der Waals surface area contributed by atoms with Crippen molar-refractivity contribution in [3.05, 3.63) is 23.8 Å². The number of methoxy groups -OCH3 is 2. The van der Waals surface area contributed by atoms with E-state index in [0.29, 0.717) is 23.7 Å². The molecule has 1 rings (SSSR count). The molecule has 0 aliphatic heterocycles. The molecule has 0 N–H and O–H groups in total. The smallest absolute Gasteiger partial charge is 0.337 e. The van der Waals surface area contributed by atoms with Crippen molar-refractivity contribution in [2.24, 2.45) is 0 Å². The second-order valence-corrected chi connectivity index (χ2v) is 4.01. The molecule has 0 fully saturated rings. The summed E-state index contributed by atoms with van der Waals surface area (Å²) in [7, 11) is 6.83. The quantitative estimate of drug-likeness (QED) is 0.718. The van der Waals surface area contributed by atoms with Crippen molar-refractivity contribution in [3.63, 3.8) is 0 Å². The lowest BCUT2D eigenvalue weighted by atomic mass is 10.2. The largest absolute Gasteiger partial charge is 0.493 e. The van der Waals surface area contributed by atoms with E-state index >= 15 is 0 Å². The van der Waals surface area contributed by atoms with Crippen LogP contribution in [0.3, 0.4) is 0 Å². The van der Waals surface area contributed by atoms with E-state index in [2.05, 4.69) is 4.74 Å². The van der Waals surface area contributed by atoms with Gasteiger partial charge in [-0.3, -0.25) is 0 Å². The Morgan fingerprint density at radius 3 is 2.50 bits per heavy atom. The highest BCUT2D eigenvalue weighted by atomic mass is 16.5. The van der Waals surface area contributed by atoms with Crippen molar-refractivity contribution in [1.29, 1.82) is 0 Å². The third-order valence-electron chi connectivity index (χ3n) is 2.38. The molecule has 0 spiro atoms. The molecule has 0 aliphatic carbocycles. The molecule has 100 valence electrons. The summed E-state index contributed by atoms with van der Waals surface area (Å²) >= 11 is 0. The first-order valence-electron chi connectivity index (χ1n) is 5.62. The first kappa shape index (κ1) is 14.3. The van der Waals surface area contributed by atoms with E-state index in [1.165, 1.54) is 14.2 Å². The van der Waals surface area contributed by atoms with E-state index < -0.39 is 5.97 Å². The second-order valence-electron chi connectivity index (χ2n) is 4.01. The summed E-state index contributed by atoms with van der Waals surface area (Å²) in [6.07, 6.45) is 0. The Morgan fingerprint density at radius 1 is 1.22 bits per heavy atom. The molecule has 5 nitrogen and oxygen atoms in total. The first-order chi connectivity index (χ1) is 8.58. The van der Waals surface area contributed by atoms with Crippen molar-refractivity contribution in [2.45, 2.75) is 0 Å². The van der Waals surface area contributed by atoms with Gasteiger partial charge in [-0.15, -0.1) is 0 Å². The van der Waals surface area contributed by atoms with Gasteiger partial charge < -0.3 is 19.1 Å². The molecule has 5 heteroatoms. The molecule has 0 saturated heterocycles. The van der Waals surface area contributed by atoms with Crippen LogP contribution in [0.5, 0.6) is 11.5 Å². The Morgan fingerprint density at radius 2 is 1.94 bits per heavy atom. The molecule has 0 unspecified atom stereocenters. The Bertz CT molecular complexity index is 404. The number of rotatable bonds is 6. The van der Waals surface area contributed by atoms with Crippen LogP contribution in [0.25, 0.3) is 0 Å². The van der Waals surface area contributed by atoms with E-state index in [4.69, 9.17) is 9.47 Å². The fraction of sp³-hybridized carbons (Fsp3) is 0.462.